The van der Waals surface area contributed by atoms with Crippen LogP contribution in [0.15, 0.2) is 0 Å². The van der Waals surface area contributed by atoms with Gasteiger partial charge >= 0.3 is 0 Å². The van der Waals surface area contributed by atoms with Crippen LogP contribution in [0.3, 0.4) is 0 Å². The van der Waals surface area contributed by atoms with Gasteiger partial charge in [0.2, 0.25) is 0 Å². The predicted molar refractivity (Wildman–Crippen MR) is 69.7 cm³/mol. The van der Waals surface area contributed by atoms with Crippen molar-refractivity contribution in [1.82, 2.24) is 10.2 Å². The highest BCUT2D eigenvalue weighted by Crippen LogP contribution is 2.37. The Balaban J connectivity index is 1.91. The van der Waals surface area contributed by atoms with Crippen LogP contribution in [0.2, 0.25) is 0 Å². The number of rotatable bonds is 2. The van der Waals surface area contributed by atoms with Crippen LogP contribution in [-0.4, -0.2) is 36.6 Å². The summed E-state index contributed by atoms with van der Waals surface area (Å²) in [7, 11) is 0. The third-order valence-electron chi connectivity index (χ3n) is 4.48. The summed E-state index contributed by atoms with van der Waals surface area (Å²) < 4.78 is 0. The molecule has 0 aromatic heterocycles. The van der Waals surface area contributed by atoms with Crippen molar-refractivity contribution in [3.05, 3.63) is 0 Å². The molecule has 2 heteroatoms. The van der Waals surface area contributed by atoms with E-state index < -0.39 is 0 Å². The van der Waals surface area contributed by atoms with Gasteiger partial charge in [0.25, 0.3) is 0 Å². The summed E-state index contributed by atoms with van der Waals surface area (Å²) in [5, 5.41) is 3.62. The largest absolute Gasteiger partial charge is 0.311 e. The van der Waals surface area contributed by atoms with E-state index in [-0.39, 0.29) is 0 Å². The molecule has 0 amide bonds. The molecule has 0 aromatic carbocycles. The van der Waals surface area contributed by atoms with Gasteiger partial charge in [0.15, 0.2) is 0 Å². The second-order valence-electron chi connectivity index (χ2n) is 6.47. The zero-order valence-electron chi connectivity index (χ0n) is 11.3. The molecule has 0 radical (unpaired) electrons. The highest BCUT2D eigenvalue weighted by Gasteiger charge is 2.32. The minimum Gasteiger partial charge on any atom is -0.311 e. The minimum atomic E-state index is 0.579. The van der Waals surface area contributed by atoms with Crippen molar-refractivity contribution in [2.45, 2.75) is 65.0 Å². The van der Waals surface area contributed by atoms with Crippen LogP contribution in [0.25, 0.3) is 0 Å². The summed E-state index contributed by atoms with van der Waals surface area (Å²) in [4.78, 5) is 2.76. The number of hydrogen-bond acceptors (Lipinski definition) is 2. The molecule has 1 saturated heterocycles. The summed E-state index contributed by atoms with van der Waals surface area (Å²) in [6.45, 7) is 10.9. The van der Waals surface area contributed by atoms with E-state index >= 15 is 0 Å². The molecule has 1 heterocycles. The van der Waals surface area contributed by atoms with E-state index in [4.69, 9.17) is 0 Å². The molecule has 1 aliphatic heterocycles. The van der Waals surface area contributed by atoms with Crippen LogP contribution in [0.5, 0.6) is 0 Å². The summed E-state index contributed by atoms with van der Waals surface area (Å²) in [5.41, 5.74) is 0.579. The molecule has 2 unspecified atom stereocenters. The van der Waals surface area contributed by atoms with Gasteiger partial charge in [-0.2, -0.15) is 0 Å². The maximum atomic E-state index is 3.62. The number of nitrogens with one attached hydrogen (secondary N) is 1. The molecule has 0 aromatic rings. The fourth-order valence-electron chi connectivity index (χ4n) is 3.43. The Bertz CT molecular complexity index is 225. The molecular weight excluding hydrogens is 196 g/mol. The van der Waals surface area contributed by atoms with Crippen molar-refractivity contribution in [1.29, 1.82) is 0 Å². The first kappa shape index (κ1) is 12.4. The molecule has 2 rings (SSSR count). The fraction of sp³-hybridized carbons (Fsp3) is 1.00. The monoisotopic (exact) mass is 224 g/mol. The second kappa shape index (κ2) is 5.05. The second-order valence-corrected chi connectivity index (χ2v) is 6.47. The smallest absolute Gasteiger partial charge is 0.0193 e. The van der Waals surface area contributed by atoms with Gasteiger partial charge in [-0.1, -0.05) is 27.2 Å². The van der Waals surface area contributed by atoms with Crippen LogP contribution in [0.1, 0.15) is 52.9 Å². The third-order valence-corrected chi connectivity index (χ3v) is 4.48. The van der Waals surface area contributed by atoms with Gasteiger partial charge in [0.1, 0.15) is 0 Å². The molecule has 2 aliphatic rings. The fourth-order valence-corrected chi connectivity index (χ4v) is 3.43. The Morgan fingerprint density at radius 3 is 2.88 bits per heavy atom. The van der Waals surface area contributed by atoms with E-state index in [9.17, 15) is 0 Å². The number of piperazine rings is 1. The van der Waals surface area contributed by atoms with E-state index in [0.717, 1.165) is 12.1 Å². The van der Waals surface area contributed by atoms with Crippen molar-refractivity contribution >= 4 is 0 Å². The zero-order valence-corrected chi connectivity index (χ0v) is 11.3. The molecule has 2 atom stereocenters. The van der Waals surface area contributed by atoms with Crippen molar-refractivity contribution < 1.29 is 0 Å². The first-order valence-electron chi connectivity index (χ1n) is 7.08. The van der Waals surface area contributed by atoms with Crippen molar-refractivity contribution in [2.24, 2.45) is 5.41 Å². The average molecular weight is 224 g/mol. The SMILES string of the molecule is CCC1CN(C2CCCC(C)(C)C2)CCN1. The Labute approximate surface area is 101 Å². The molecule has 0 bridgehead atoms. The van der Waals surface area contributed by atoms with Gasteiger partial charge in [0, 0.05) is 31.7 Å². The highest BCUT2D eigenvalue weighted by atomic mass is 15.2. The maximum absolute atomic E-state index is 3.62. The average Bonchev–Trinajstić information content (AvgIpc) is 2.28. The van der Waals surface area contributed by atoms with Crippen LogP contribution >= 0.6 is 0 Å². The maximum Gasteiger partial charge on any atom is 0.0193 e. The van der Waals surface area contributed by atoms with E-state index in [1.807, 2.05) is 0 Å². The van der Waals surface area contributed by atoms with Crippen LogP contribution in [-0.2, 0) is 0 Å². The Hall–Kier alpha value is -0.0800. The molecule has 0 spiro atoms. The molecule has 1 aliphatic carbocycles. The number of nitrogens with zero attached hydrogens (tertiary/aromatic N) is 1. The summed E-state index contributed by atoms with van der Waals surface area (Å²) in [6.07, 6.45) is 6.96. The van der Waals surface area contributed by atoms with Gasteiger partial charge in [-0.3, -0.25) is 4.90 Å². The van der Waals surface area contributed by atoms with Crippen molar-refractivity contribution in [2.75, 3.05) is 19.6 Å². The Kier molecular flexibility index (Phi) is 3.91. The molecule has 2 fully saturated rings. The quantitative estimate of drug-likeness (QED) is 0.776. The van der Waals surface area contributed by atoms with Crippen LogP contribution in [0, 0.1) is 5.41 Å². The molecule has 2 nitrogen and oxygen atoms in total. The lowest BCUT2D eigenvalue weighted by atomic mass is 9.74. The summed E-state index contributed by atoms with van der Waals surface area (Å²) >= 11 is 0. The lowest BCUT2D eigenvalue weighted by molar-refractivity contribution is 0.0700. The predicted octanol–water partition coefficient (Wildman–Crippen LogP) is 2.64. The standard InChI is InChI=1S/C14H28N2/c1-4-12-11-16(9-8-15-12)13-6-5-7-14(2,3)10-13/h12-13,15H,4-11H2,1-3H3. The van der Waals surface area contributed by atoms with E-state index in [1.54, 1.807) is 0 Å². The van der Waals surface area contributed by atoms with Crippen LogP contribution in [0.4, 0.5) is 0 Å². The molecule has 1 N–H and O–H groups in total. The highest BCUT2D eigenvalue weighted by molar-refractivity contribution is 4.88. The summed E-state index contributed by atoms with van der Waals surface area (Å²) in [5.74, 6) is 0. The molecule has 94 valence electrons. The molecule has 1 saturated carbocycles. The van der Waals surface area contributed by atoms with Gasteiger partial charge < -0.3 is 5.32 Å². The van der Waals surface area contributed by atoms with Gasteiger partial charge in [-0.15, -0.1) is 0 Å². The van der Waals surface area contributed by atoms with E-state index in [1.165, 1.54) is 51.7 Å². The first-order chi connectivity index (χ1) is 7.61. The molecule has 16 heavy (non-hydrogen) atoms. The third kappa shape index (κ3) is 2.98. The lowest BCUT2D eigenvalue weighted by Gasteiger charge is -2.44. The van der Waals surface area contributed by atoms with E-state index in [0.29, 0.717) is 5.41 Å². The van der Waals surface area contributed by atoms with Crippen molar-refractivity contribution in [3.8, 4) is 0 Å². The Morgan fingerprint density at radius 1 is 1.38 bits per heavy atom. The summed E-state index contributed by atoms with van der Waals surface area (Å²) in [6, 6.07) is 1.60. The van der Waals surface area contributed by atoms with Crippen molar-refractivity contribution in [3.63, 3.8) is 0 Å². The van der Waals surface area contributed by atoms with Gasteiger partial charge in [-0.25, -0.2) is 0 Å². The Morgan fingerprint density at radius 2 is 2.19 bits per heavy atom. The van der Waals surface area contributed by atoms with Crippen LogP contribution < -0.4 is 5.32 Å². The number of hydrogen-bond donors (Lipinski definition) is 1. The normalized spacial score (nSPS) is 36.2. The molecular formula is C14H28N2. The van der Waals surface area contributed by atoms with E-state index in [2.05, 4.69) is 31.0 Å². The first-order valence-corrected chi connectivity index (χ1v) is 7.08. The minimum absolute atomic E-state index is 0.579. The topological polar surface area (TPSA) is 15.3 Å². The van der Waals surface area contributed by atoms with Gasteiger partial charge in [0.05, 0.1) is 0 Å². The van der Waals surface area contributed by atoms with Gasteiger partial charge in [-0.05, 0) is 31.1 Å². The lowest BCUT2D eigenvalue weighted by Crippen LogP contribution is -2.55. The zero-order chi connectivity index (χ0) is 11.6.